The lowest BCUT2D eigenvalue weighted by Gasteiger charge is -2.12. The van der Waals surface area contributed by atoms with Gasteiger partial charge in [-0.25, -0.2) is 0 Å². The Bertz CT molecular complexity index is 1190. The zero-order valence-electron chi connectivity index (χ0n) is 14.8. The van der Waals surface area contributed by atoms with E-state index in [1.165, 1.54) is 13.1 Å². The number of phenols is 1. The van der Waals surface area contributed by atoms with Crippen molar-refractivity contribution in [3.63, 3.8) is 0 Å². The molecule has 0 heterocycles. The molecule has 0 aliphatic rings. The summed E-state index contributed by atoms with van der Waals surface area (Å²) < 4.78 is 32.1. The van der Waals surface area contributed by atoms with E-state index in [4.69, 9.17) is 5.73 Å². The van der Waals surface area contributed by atoms with Gasteiger partial charge in [0.05, 0.1) is 16.8 Å². The second-order valence-electron chi connectivity index (χ2n) is 5.89. The van der Waals surface area contributed by atoms with E-state index in [2.05, 4.69) is 20.5 Å². The molecule has 0 saturated heterocycles. The highest BCUT2D eigenvalue weighted by atomic mass is 32.2. The van der Waals surface area contributed by atoms with Crippen LogP contribution in [-0.2, 0) is 15.9 Å². The molecule has 0 fully saturated rings. The fraction of sp³-hybridized carbons (Fsp3) is 0.111. The van der Waals surface area contributed by atoms with Crippen LogP contribution in [0.4, 0.5) is 22.7 Å². The first kappa shape index (κ1) is 19.4. The minimum Gasteiger partial charge on any atom is -0.505 e. The molecule has 0 atom stereocenters. The number of nitrogen functional groups attached to an aromatic ring is 1. The average molecular weight is 399 g/mol. The van der Waals surface area contributed by atoms with E-state index in [0.29, 0.717) is 16.8 Å². The van der Waals surface area contributed by atoms with Crippen LogP contribution in [0.5, 0.6) is 5.75 Å². The van der Waals surface area contributed by atoms with Crippen molar-refractivity contribution in [1.29, 1.82) is 0 Å². The van der Waals surface area contributed by atoms with Crippen LogP contribution in [0.25, 0.3) is 10.8 Å². The van der Waals surface area contributed by atoms with Gasteiger partial charge in [0.1, 0.15) is 11.4 Å². The Morgan fingerprint density at radius 1 is 1.04 bits per heavy atom. The molecule has 0 spiro atoms. The summed E-state index contributed by atoms with van der Waals surface area (Å²) in [6.45, 7) is 0. The zero-order valence-corrected chi connectivity index (χ0v) is 15.6. The van der Waals surface area contributed by atoms with Crippen LogP contribution in [0.2, 0.25) is 0 Å². The maximum absolute atomic E-state index is 11.4. The molecule has 9 nitrogen and oxygen atoms in total. The fourth-order valence-electron chi connectivity index (χ4n) is 2.76. The topological polar surface area (TPSA) is 150 Å². The van der Waals surface area contributed by atoms with E-state index in [-0.39, 0.29) is 28.1 Å². The van der Waals surface area contributed by atoms with E-state index in [1.807, 2.05) is 18.2 Å². The number of rotatable bonds is 5. The van der Waals surface area contributed by atoms with Gasteiger partial charge in [-0.3, -0.25) is 4.55 Å². The highest BCUT2D eigenvalue weighted by Gasteiger charge is 2.20. The van der Waals surface area contributed by atoms with Crippen LogP contribution >= 0.6 is 0 Å². The van der Waals surface area contributed by atoms with E-state index in [1.54, 1.807) is 24.3 Å². The molecule has 0 bridgehead atoms. The Labute approximate surface area is 161 Å². The second kappa shape index (κ2) is 7.71. The number of nitrogens with zero attached hydrogens (tertiary/aromatic N) is 4. The number of hydrogen-bond acceptors (Lipinski definition) is 8. The summed E-state index contributed by atoms with van der Waals surface area (Å²) in [6.07, 6.45) is 0. The first-order chi connectivity index (χ1) is 13.3. The van der Waals surface area contributed by atoms with Crippen LogP contribution in [0.15, 0.2) is 69.0 Å². The number of benzene rings is 3. The number of anilines is 1. The number of nitrogens with two attached hydrogens (primary N) is 1. The third-order valence-corrected chi connectivity index (χ3v) is 4.58. The van der Waals surface area contributed by atoms with Gasteiger partial charge in [0.15, 0.2) is 5.75 Å². The monoisotopic (exact) mass is 399 g/mol. The Balaban J connectivity index is 2.27. The number of aromatic hydroxyl groups is 1. The highest BCUT2D eigenvalue weighted by Crippen LogP contribution is 2.45. The van der Waals surface area contributed by atoms with Crippen LogP contribution < -0.4 is 5.73 Å². The van der Waals surface area contributed by atoms with E-state index in [0.717, 1.165) is 0 Å². The lowest BCUT2D eigenvalue weighted by molar-refractivity contribution is 0.479. The largest absolute Gasteiger partial charge is 0.505 e. The first-order valence-corrected chi connectivity index (χ1v) is 9.70. The molecule has 144 valence electrons. The van der Waals surface area contributed by atoms with E-state index < -0.39 is 15.9 Å². The molecular formula is C18H17N5O4S. The predicted octanol–water partition coefficient (Wildman–Crippen LogP) is 4.64. The van der Waals surface area contributed by atoms with Crippen LogP contribution in [0.3, 0.4) is 0 Å². The number of fused-ring (bicyclic) bond motifs is 1. The summed E-state index contributed by atoms with van der Waals surface area (Å²) in [4.78, 5) is 0. The van der Waals surface area contributed by atoms with Gasteiger partial charge in [0.25, 0.3) is 10.1 Å². The molecule has 10 heteroatoms. The molecule has 28 heavy (non-hydrogen) atoms. The third kappa shape index (κ3) is 4.13. The fourth-order valence-corrected chi connectivity index (χ4v) is 3.37. The van der Waals surface area contributed by atoms with Crippen molar-refractivity contribution in [3.8, 4) is 5.75 Å². The molecule has 3 aromatic carbocycles. The molecule has 0 unspecified atom stereocenters. The number of phenolic OH excluding ortho intramolecular Hbond substituents is 1. The molecular weight excluding hydrogens is 382 g/mol. The molecule has 0 aromatic heterocycles. The van der Waals surface area contributed by atoms with Gasteiger partial charge in [0, 0.05) is 23.7 Å². The normalized spacial score (nSPS) is 12.4. The van der Waals surface area contributed by atoms with Gasteiger partial charge in [-0.15, -0.1) is 5.11 Å². The number of azo groups is 2. The lowest BCUT2D eigenvalue weighted by atomic mass is 10.0. The van der Waals surface area contributed by atoms with Gasteiger partial charge in [-0.1, -0.05) is 18.2 Å². The minimum atomic E-state index is -4.38. The maximum atomic E-state index is 11.4. The van der Waals surface area contributed by atoms with Crippen molar-refractivity contribution in [3.05, 3.63) is 54.1 Å². The Kier molecular flexibility index (Phi) is 5.34. The minimum absolute atomic E-state index is 0.0554. The smallest absolute Gasteiger partial charge is 0.269 e. The average Bonchev–Trinajstić information content (AvgIpc) is 2.64. The summed E-state index contributed by atoms with van der Waals surface area (Å²) in [6, 6.07) is 13.6. The second-order valence-corrected chi connectivity index (χ2v) is 7.34. The quantitative estimate of drug-likeness (QED) is 0.324. The molecule has 0 amide bonds. The summed E-state index contributed by atoms with van der Waals surface area (Å²) in [5, 5.41) is 27.0. The zero-order chi connectivity index (χ0) is 20.3. The van der Waals surface area contributed by atoms with Gasteiger partial charge < -0.3 is 10.8 Å². The first-order valence-electron chi connectivity index (χ1n) is 8.09. The summed E-state index contributed by atoms with van der Waals surface area (Å²) in [5.74, 6) is -1.11. The molecule has 3 rings (SSSR count). The van der Waals surface area contributed by atoms with E-state index >= 15 is 0 Å². The van der Waals surface area contributed by atoms with Gasteiger partial charge in [-0.2, -0.15) is 23.8 Å². The molecule has 0 aliphatic carbocycles. The summed E-state index contributed by atoms with van der Waals surface area (Å²) >= 11 is 0. The van der Waals surface area contributed by atoms with E-state index in [9.17, 15) is 18.1 Å². The van der Waals surface area contributed by atoms with Crippen molar-refractivity contribution in [2.75, 3.05) is 12.8 Å². The molecule has 4 N–H and O–H groups in total. The maximum Gasteiger partial charge on any atom is 0.269 e. The standard InChI is InChI=1S/C18H17N5O4S/c1-20-23-17-11(10-28(25,26)27)9-13-15(8-7-14(19)16(13)18(17)24)22-21-12-5-3-2-4-6-12/h2-9,24H,10,19H2,1H3,(H,25,26,27). The summed E-state index contributed by atoms with van der Waals surface area (Å²) in [5.41, 5.74) is 7.20. The number of hydrogen-bond donors (Lipinski definition) is 3. The molecule has 0 radical (unpaired) electrons. The SMILES string of the molecule is CN=Nc1c(CS(=O)(=O)O)cc2c(N=Nc3ccccc3)ccc(N)c2c1O. The Morgan fingerprint density at radius 3 is 2.39 bits per heavy atom. The summed E-state index contributed by atoms with van der Waals surface area (Å²) in [7, 11) is -3.01. The van der Waals surface area contributed by atoms with Gasteiger partial charge in [0.2, 0.25) is 0 Å². The third-order valence-electron chi connectivity index (χ3n) is 3.91. The van der Waals surface area contributed by atoms with Gasteiger partial charge in [-0.05, 0) is 30.3 Å². The van der Waals surface area contributed by atoms with Crippen molar-refractivity contribution in [1.82, 2.24) is 0 Å². The van der Waals surface area contributed by atoms with Crippen LogP contribution in [-0.4, -0.2) is 25.1 Å². The van der Waals surface area contributed by atoms with Gasteiger partial charge >= 0.3 is 0 Å². The Morgan fingerprint density at radius 2 is 1.75 bits per heavy atom. The van der Waals surface area contributed by atoms with Crippen LogP contribution in [0.1, 0.15) is 5.56 Å². The molecule has 3 aromatic rings. The van der Waals surface area contributed by atoms with Crippen molar-refractivity contribution in [2.45, 2.75) is 5.75 Å². The molecule has 0 aliphatic heterocycles. The Hall–Kier alpha value is -3.37. The van der Waals surface area contributed by atoms with Crippen LogP contribution in [0, 0.1) is 0 Å². The van der Waals surface area contributed by atoms with Crippen molar-refractivity contribution < 1.29 is 18.1 Å². The predicted molar refractivity (Wildman–Crippen MR) is 106 cm³/mol. The van der Waals surface area contributed by atoms with Crippen molar-refractivity contribution >= 4 is 43.6 Å². The van der Waals surface area contributed by atoms with Crippen molar-refractivity contribution in [2.24, 2.45) is 20.5 Å². The lowest BCUT2D eigenvalue weighted by Crippen LogP contribution is -2.02. The molecule has 0 saturated carbocycles. The highest BCUT2D eigenvalue weighted by molar-refractivity contribution is 7.85.